The van der Waals surface area contributed by atoms with Crippen molar-refractivity contribution in [2.24, 2.45) is 5.73 Å². The number of carbonyl (C=O) groups is 1. The number of nitrogens with one attached hydrogen (secondary N) is 1. The molecule has 7 nitrogen and oxygen atoms in total. The largest absolute Gasteiger partial charge is 0.492 e. The molecule has 0 fully saturated rings. The van der Waals surface area contributed by atoms with E-state index in [4.69, 9.17) is 20.6 Å². The van der Waals surface area contributed by atoms with E-state index in [0.29, 0.717) is 41.1 Å². The van der Waals surface area contributed by atoms with Crippen molar-refractivity contribution in [3.63, 3.8) is 0 Å². The molecule has 0 atom stereocenters. The Labute approximate surface area is 149 Å². The molecule has 134 valence electrons. The maximum absolute atomic E-state index is 12.0. The molecule has 5 N–H and O–H groups in total. The van der Waals surface area contributed by atoms with E-state index in [0.717, 1.165) is 5.75 Å². The molecule has 0 saturated heterocycles. The number of carbonyl (C=O) groups excluding carboxylic acids is 1. The number of ether oxygens (including phenoxy) is 1. The Hall–Kier alpha value is -3.48. The number of rotatable bonds is 6. The Balaban J connectivity index is 1.79. The first-order valence-electron chi connectivity index (χ1n) is 8.06. The zero-order valence-electron chi connectivity index (χ0n) is 14.2. The summed E-state index contributed by atoms with van der Waals surface area (Å²) in [5, 5.41) is 3.72. The summed E-state index contributed by atoms with van der Waals surface area (Å²) in [6.45, 7) is 2.58. The fourth-order valence-corrected chi connectivity index (χ4v) is 2.72. The number of hydrogen-bond acceptors (Lipinski definition) is 6. The number of nitrogen functional groups attached to an aromatic ring is 1. The molecule has 0 bridgehead atoms. The lowest BCUT2D eigenvalue weighted by Gasteiger charge is -2.12. The summed E-state index contributed by atoms with van der Waals surface area (Å²) in [5.41, 5.74) is 12.3. The Morgan fingerprint density at radius 3 is 2.65 bits per heavy atom. The molecule has 0 saturated carbocycles. The van der Waals surface area contributed by atoms with Crippen LogP contribution in [0, 0.1) is 6.92 Å². The quantitative estimate of drug-likeness (QED) is 0.355. The van der Waals surface area contributed by atoms with Crippen LogP contribution >= 0.6 is 0 Å². The van der Waals surface area contributed by atoms with Crippen LogP contribution in [0.5, 0.6) is 5.75 Å². The van der Waals surface area contributed by atoms with Crippen LogP contribution in [-0.4, -0.2) is 19.1 Å². The molecule has 1 heterocycles. The van der Waals surface area contributed by atoms with E-state index in [1.54, 1.807) is 19.1 Å². The molecule has 2 aromatic carbocycles. The summed E-state index contributed by atoms with van der Waals surface area (Å²) in [6, 6.07) is 12.7. The predicted octanol–water partition coefficient (Wildman–Crippen LogP) is 2.27. The topological polar surface area (TPSA) is 121 Å². The van der Waals surface area contributed by atoms with Crippen LogP contribution in [0.25, 0.3) is 11.0 Å². The fraction of sp³-hybridized carbons (Fsp3) is 0.158. The Kier molecular flexibility index (Phi) is 4.79. The first-order valence-corrected chi connectivity index (χ1v) is 8.06. The number of para-hydroxylation sites is 1. The van der Waals surface area contributed by atoms with Gasteiger partial charge in [0.1, 0.15) is 23.5 Å². The molecule has 0 aliphatic rings. The average Bonchev–Trinajstić information content (AvgIpc) is 2.60. The number of aryl methyl sites for hydroxylation is 1. The third-order valence-electron chi connectivity index (χ3n) is 4.01. The van der Waals surface area contributed by atoms with Gasteiger partial charge >= 0.3 is 5.63 Å². The van der Waals surface area contributed by atoms with Crippen molar-refractivity contribution in [1.29, 1.82) is 0 Å². The van der Waals surface area contributed by atoms with Gasteiger partial charge in [-0.15, -0.1) is 0 Å². The number of nitrogens with two attached hydrogens (primary N) is 2. The van der Waals surface area contributed by atoms with E-state index in [1.165, 1.54) is 0 Å². The molecular formula is C19H19N3O4. The second-order valence-electron chi connectivity index (χ2n) is 5.78. The second-order valence-corrected chi connectivity index (χ2v) is 5.78. The summed E-state index contributed by atoms with van der Waals surface area (Å²) >= 11 is 0. The summed E-state index contributed by atoms with van der Waals surface area (Å²) < 4.78 is 10.8. The van der Waals surface area contributed by atoms with Gasteiger partial charge in [0.05, 0.1) is 11.4 Å². The first kappa shape index (κ1) is 17.3. The van der Waals surface area contributed by atoms with Crippen molar-refractivity contribution >= 4 is 28.3 Å². The lowest BCUT2D eigenvalue weighted by atomic mass is 10.0. The molecule has 0 spiro atoms. The SMILES string of the molecule is Cc1c(C(N)=O)c(=O)oc2cc(NCCOc3ccccc3)c(N)cc12. The van der Waals surface area contributed by atoms with Crippen LogP contribution in [0.1, 0.15) is 15.9 Å². The Morgan fingerprint density at radius 2 is 1.96 bits per heavy atom. The summed E-state index contributed by atoms with van der Waals surface area (Å²) in [5.74, 6) is -0.0432. The number of fused-ring (bicyclic) bond motifs is 1. The van der Waals surface area contributed by atoms with Crippen LogP contribution in [-0.2, 0) is 0 Å². The lowest BCUT2D eigenvalue weighted by Crippen LogP contribution is -2.23. The van der Waals surface area contributed by atoms with Crippen molar-refractivity contribution < 1.29 is 13.9 Å². The molecule has 0 unspecified atom stereocenters. The minimum atomic E-state index is -0.822. The van der Waals surface area contributed by atoms with Gasteiger partial charge in [-0.2, -0.15) is 0 Å². The molecule has 3 rings (SSSR count). The average molecular weight is 353 g/mol. The molecule has 7 heteroatoms. The maximum atomic E-state index is 12.0. The zero-order chi connectivity index (χ0) is 18.7. The number of benzene rings is 2. The summed E-state index contributed by atoms with van der Waals surface area (Å²) in [4.78, 5) is 23.4. The van der Waals surface area contributed by atoms with Crippen LogP contribution in [0.3, 0.4) is 0 Å². The van der Waals surface area contributed by atoms with Crippen LogP contribution < -0.4 is 27.1 Å². The lowest BCUT2D eigenvalue weighted by molar-refractivity contribution is 0.0996. The van der Waals surface area contributed by atoms with Gasteiger partial charge in [-0.25, -0.2) is 4.79 Å². The standard InChI is InChI=1S/C19H19N3O4/c1-11-13-9-14(20)15(10-16(13)26-19(24)17(11)18(21)23)22-7-8-25-12-5-3-2-4-6-12/h2-6,9-10,22H,7-8,20H2,1H3,(H2,21,23). The highest BCUT2D eigenvalue weighted by Gasteiger charge is 2.17. The van der Waals surface area contributed by atoms with Crippen LogP contribution in [0.2, 0.25) is 0 Å². The monoisotopic (exact) mass is 353 g/mol. The zero-order valence-corrected chi connectivity index (χ0v) is 14.2. The third-order valence-corrected chi connectivity index (χ3v) is 4.01. The van der Waals surface area contributed by atoms with Gasteiger partial charge in [0.2, 0.25) is 0 Å². The van der Waals surface area contributed by atoms with Crippen molar-refractivity contribution in [2.75, 3.05) is 24.2 Å². The summed E-state index contributed by atoms with van der Waals surface area (Å²) in [7, 11) is 0. The second kappa shape index (κ2) is 7.18. The van der Waals surface area contributed by atoms with Gasteiger partial charge < -0.3 is 25.9 Å². The van der Waals surface area contributed by atoms with Gasteiger partial charge in [0, 0.05) is 18.0 Å². The van der Waals surface area contributed by atoms with E-state index in [1.807, 2.05) is 30.3 Å². The number of amides is 1. The Bertz CT molecular complexity index is 1010. The van der Waals surface area contributed by atoms with E-state index in [-0.39, 0.29) is 5.56 Å². The molecule has 26 heavy (non-hydrogen) atoms. The van der Waals surface area contributed by atoms with Gasteiger partial charge in [-0.05, 0) is 30.7 Å². The molecule has 0 aliphatic heterocycles. The molecule has 1 amide bonds. The van der Waals surface area contributed by atoms with E-state index < -0.39 is 11.5 Å². The highest BCUT2D eigenvalue weighted by Crippen LogP contribution is 2.28. The highest BCUT2D eigenvalue weighted by atomic mass is 16.5. The Morgan fingerprint density at radius 1 is 1.23 bits per heavy atom. The molecule has 1 aromatic heterocycles. The van der Waals surface area contributed by atoms with Crippen molar-refractivity contribution in [2.45, 2.75) is 6.92 Å². The van der Waals surface area contributed by atoms with Gasteiger partial charge in [0.25, 0.3) is 5.91 Å². The number of anilines is 2. The minimum Gasteiger partial charge on any atom is -0.492 e. The minimum absolute atomic E-state index is 0.158. The fourth-order valence-electron chi connectivity index (χ4n) is 2.72. The molecular weight excluding hydrogens is 334 g/mol. The maximum Gasteiger partial charge on any atom is 0.349 e. The van der Waals surface area contributed by atoms with E-state index in [9.17, 15) is 9.59 Å². The van der Waals surface area contributed by atoms with Crippen molar-refractivity contribution in [3.8, 4) is 5.75 Å². The van der Waals surface area contributed by atoms with Gasteiger partial charge in [0.15, 0.2) is 0 Å². The van der Waals surface area contributed by atoms with E-state index in [2.05, 4.69) is 5.32 Å². The van der Waals surface area contributed by atoms with Crippen LogP contribution in [0.15, 0.2) is 51.7 Å². The summed E-state index contributed by atoms with van der Waals surface area (Å²) in [6.07, 6.45) is 0. The molecule has 0 radical (unpaired) electrons. The molecule has 3 aromatic rings. The number of hydrogen-bond donors (Lipinski definition) is 3. The third kappa shape index (κ3) is 3.46. The van der Waals surface area contributed by atoms with Crippen molar-refractivity contribution in [1.82, 2.24) is 0 Å². The predicted molar refractivity (Wildman–Crippen MR) is 101 cm³/mol. The van der Waals surface area contributed by atoms with Gasteiger partial charge in [-0.1, -0.05) is 18.2 Å². The first-order chi connectivity index (χ1) is 12.5. The molecule has 0 aliphatic carbocycles. The number of primary amides is 1. The van der Waals surface area contributed by atoms with Crippen molar-refractivity contribution in [3.05, 3.63) is 64.0 Å². The highest BCUT2D eigenvalue weighted by molar-refractivity contribution is 5.99. The smallest absolute Gasteiger partial charge is 0.349 e. The normalized spacial score (nSPS) is 10.7. The van der Waals surface area contributed by atoms with Gasteiger partial charge in [-0.3, -0.25) is 4.79 Å². The van der Waals surface area contributed by atoms with E-state index >= 15 is 0 Å². The van der Waals surface area contributed by atoms with Crippen LogP contribution in [0.4, 0.5) is 11.4 Å².